The van der Waals surface area contributed by atoms with E-state index in [2.05, 4.69) is 74.5 Å². The van der Waals surface area contributed by atoms with Crippen LogP contribution >= 0.6 is 0 Å². The quantitative estimate of drug-likeness (QED) is 0.180. The van der Waals surface area contributed by atoms with Gasteiger partial charge in [-0.3, -0.25) is 4.98 Å². The number of hydrogen-bond acceptors (Lipinski definition) is 4. The summed E-state index contributed by atoms with van der Waals surface area (Å²) in [6.07, 6.45) is 1.84. The van der Waals surface area contributed by atoms with Crippen molar-refractivity contribution < 1.29 is 30.6 Å². The van der Waals surface area contributed by atoms with Gasteiger partial charge in [-0.25, -0.2) is 4.98 Å². The second-order valence-electron chi connectivity index (χ2n) is 10.8. The van der Waals surface area contributed by atoms with E-state index in [0.717, 1.165) is 38.7 Å². The molecule has 0 aliphatic heterocycles. The number of oxazole rings is 1. The molecule has 2 aromatic heterocycles. The molecule has 4 nitrogen and oxygen atoms in total. The van der Waals surface area contributed by atoms with Gasteiger partial charge in [0, 0.05) is 38.2 Å². The number of phenols is 1. The number of fused-ring (bicyclic) bond motifs is 2. The van der Waals surface area contributed by atoms with Crippen molar-refractivity contribution in [1.82, 2.24) is 9.97 Å². The zero-order chi connectivity index (χ0) is 28.0. The summed E-state index contributed by atoms with van der Waals surface area (Å²) < 4.78 is 6.07. The van der Waals surface area contributed by atoms with Crippen molar-refractivity contribution in [3.8, 4) is 39.5 Å². The van der Waals surface area contributed by atoms with Gasteiger partial charge in [-0.2, -0.15) is 0 Å². The molecule has 0 fully saturated rings. The van der Waals surface area contributed by atoms with E-state index in [-0.39, 0.29) is 32.2 Å². The molecule has 0 aliphatic rings. The summed E-state index contributed by atoms with van der Waals surface area (Å²) in [4.78, 5) is 9.57. The normalized spacial score (nSPS) is 11.5. The minimum absolute atomic E-state index is 0. The van der Waals surface area contributed by atoms with Crippen molar-refractivity contribution >= 4 is 22.0 Å². The summed E-state index contributed by atoms with van der Waals surface area (Å²) in [6.45, 7) is 4.52. The Labute approximate surface area is 259 Å². The Morgan fingerprint density at radius 2 is 1.38 bits per heavy atom. The molecule has 0 saturated heterocycles. The molecule has 0 saturated carbocycles. The first-order valence-electron chi connectivity index (χ1n) is 13.6. The van der Waals surface area contributed by atoms with E-state index in [1.54, 1.807) is 18.2 Å². The van der Waals surface area contributed by atoms with Crippen molar-refractivity contribution in [2.75, 3.05) is 0 Å². The first kappa shape index (κ1) is 27.6. The maximum absolute atomic E-state index is 10.4. The molecule has 208 valence electrons. The standard InChI is InChI=1S/C37H27N2O2.Pt/c1-37(2,27-14-4-3-5-15-27)28-22-26-13-10-20-38-34(26)31(23-28)25-12-8-11-24(21-25)29-17-9-19-33-35(29)39-36(41-33)30-16-6-7-18-32(30)40;/h3-20,22-23,40H,1-2H3;/q-1;. The van der Waals surface area contributed by atoms with E-state index in [1.807, 2.05) is 48.7 Å². The van der Waals surface area contributed by atoms with Gasteiger partial charge in [0.15, 0.2) is 0 Å². The summed E-state index contributed by atoms with van der Waals surface area (Å²) in [6, 6.07) is 42.0. The molecule has 5 aromatic carbocycles. The van der Waals surface area contributed by atoms with Gasteiger partial charge in [0.05, 0.1) is 11.1 Å². The summed E-state index contributed by atoms with van der Waals surface area (Å²) in [7, 11) is 0. The monoisotopic (exact) mass is 726 g/mol. The van der Waals surface area contributed by atoms with Crippen molar-refractivity contribution in [2.45, 2.75) is 19.3 Å². The van der Waals surface area contributed by atoms with Gasteiger partial charge in [0.1, 0.15) is 11.3 Å². The number of para-hydroxylation sites is 2. The molecule has 1 N–H and O–H groups in total. The molecule has 7 rings (SSSR count). The van der Waals surface area contributed by atoms with Gasteiger partial charge >= 0.3 is 0 Å². The summed E-state index contributed by atoms with van der Waals surface area (Å²) >= 11 is 0. The molecule has 0 aliphatic carbocycles. The molecule has 0 unspecified atom stereocenters. The van der Waals surface area contributed by atoms with Gasteiger partial charge in [-0.1, -0.05) is 91.7 Å². The van der Waals surface area contributed by atoms with Crippen LogP contribution in [0.25, 0.3) is 55.7 Å². The Morgan fingerprint density at radius 3 is 2.19 bits per heavy atom. The first-order valence-corrected chi connectivity index (χ1v) is 13.6. The number of pyridine rings is 1. The summed E-state index contributed by atoms with van der Waals surface area (Å²) in [5.41, 5.74) is 8.94. The van der Waals surface area contributed by atoms with Crippen LogP contribution in [0.2, 0.25) is 0 Å². The third-order valence-corrected chi connectivity index (χ3v) is 7.85. The zero-order valence-corrected chi connectivity index (χ0v) is 25.4. The zero-order valence-electron chi connectivity index (χ0n) is 23.1. The van der Waals surface area contributed by atoms with E-state index in [9.17, 15) is 5.11 Å². The number of benzene rings is 5. The molecule has 0 radical (unpaired) electrons. The average molecular weight is 727 g/mol. The van der Waals surface area contributed by atoms with E-state index >= 15 is 0 Å². The van der Waals surface area contributed by atoms with Crippen LogP contribution in [-0.4, -0.2) is 15.1 Å². The van der Waals surface area contributed by atoms with Crippen molar-refractivity contribution in [3.05, 3.63) is 139 Å². The smallest absolute Gasteiger partial charge is 0.230 e. The predicted molar refractivity (Wildman–Crippen MR) is 165 cm³/mol. The van der Waals surface area contributed by atoms with Crippen LogP contribution in [0.1, 0.15) is 25.0 Å². The minimum Gasteiger partial charge on any atom is -0.507 e. The Balaban J connectivity index is 0.00000316. The maximum Gasteiger partial charge on any atom is 0.230 e. The van der Waals surface area contributed by atoms with Crippen LogP contribution in [-0.2, 0) is 26.5 Å². The number of nitrogens with zero attached hydrogens (tertiary/aromatic N) is 2. The van der Waals surface area contributed by atoms with Crippen LogP contribution in [0.3, 0.4) is 0 Å². The Hall–Kier alpha value is -4.53. The molecule has 0 bridgehead atoms. The average Bonchev–Trinajstić information content (AvgIpc) is 3.45. The topological polar surface area (TPSA) is 59.2 Å². The van der Waals surface area contributed by atoms with Gasteiger partial charge in [0.25, 0.3) is 0 Å². The number of aromatic nitrogens is 2. The maximum atomic E-state index is 10.4. The molecule has 0 spiro atoms. The SMILES string of the molecule is CC(C)(c1ccccc1)c1cc(-c2[c-]c(-c3cccc4oc(-c5ccccc5O)nc34)ccc2)c2ncccc2c1.[Pt]. The minimum atomic E-state index is -0.205. The Kier molecular flexibility index (Phi) is 7.26. The fourth-order valence-electron chi connectivity index (χ4n) is 5.50. The second-order valence-corrected chi connectivity index (χ2v) is 10.8. The van der Waals surface area contributed by atoms with Crippen LogP contribution in [0.5, 0.6) is 5.75 Å². The van der Waals surface area contributed by atoms with E-state index in [0.29, 0.717) is 17.0 Å². The van der Waals surface area contributed by atoms with Gasteiger partial charge < -0.3 is 9.52 Å². The molecule has 0 amide bonds. The number of rotatable bonds is 5. The van der Waals surface area contributed by atoms with Crippen LogP contribution in [0.4, 0.5) is 0 Å². The van der Waals surface area contributed by atoms with E-state index < -0.39 is 0 Å². The van der Waals surface area contributed by atoms with Crippen LogP contribution < -0.4 is 0 Å². The summed E-state index contributed by atoms with van der Waals surface area (Å²) in [5, 5.41) is 11.5. The van der Waals surface area contributed by atoms with E-state index in [1.165, 1.54) is 11.1 Å². The number of aromatic hydroxyl groups is 1. The summed E-state index contributed by atoms with van der Waals surface area (Å²) in [5.74, 6) is 0.514. The van der Waals surface area contributed by atoms with Crippen LogP contribution in [0, 0.1) is 6.07 Å². The van der Waals surface area contributed by atoms with Crippen LogP contribution in [0.15, 0.2) is 126 Å². The molecule has 0 atom stereocenters. The molecular weight excluding hydrogens is 699 g/mol. The molecule has 7 aromatic rings. The number of phenolic OH excluding ortho intramolecular Hbond substituents is 1. The predicted octanol–water partition coefficient (Wildman–Crippen LogP) is 9.21. The fraction of sp³-hybridized carbons (Fsp3) is 0.0811. The van der Waals surface area contributed by atoms with E-state index in [4.69, 9.17) is 14.4 Å². The molecule has 42 heavy (non-hydrogen) atoms. The molecular formula is C37H27N2O2Pt-. The largest absolute Gasteiger partial charge is 0.507 e. The van der Waals surface area contributed by atoms with Gasteiger partial charge in [-0.15, -0.1) is 35.4 Å². The van der Waals surface area contributed by atoms with Crippen molar-refractivity contribution in [3.63, 3.8) is 0 Å². The first-order chi connectivity index (χ1) is 20.0. The molecule has 2 heterocycles. The van der Waals surface area contributed by atoms with Gasteiger partial charge in [0.2, 0.25) is 5.89 Å². The fourth-order valence-corrected chi connectivity index (χ4v) is 5.50. The third kappa shape index (κ3) is 4.82. The van der Waals surface area contributed by atoms with Crippen molar-refractivity contribution in [1.29, 1.82) is 0 Å². The Morgan fingerprint density at radius 1 is 0.667 bits per heavy atom. The third-order valence-electron chi connectivity index (χ3n) is 7.85. The molecule has 5 heteroatoms. The van der Waals surface area contributed by atoms with Crippen molar-refractivity contribution in [2.24, 2.45) is 0 Å². The Bertz CT molecular complexity index is 2050. The number of hydrogen-bond donors (Lipinski definition) is 1. The second kappa shape index (κ2) is 11.0. The van der Waals surface area contributed by atoms with Gasteiger partial charge in [-0.05, 0) is 46.8 Å².